The highest BCUT2D eigenvalue weighted by atomic mass is 35.5. The molecular weight excluding hydrogens is 283 g/mol. The molecule has 18 heavy (non-hydrogen) atoms. The standard InChI is InChI=1S/C11H12ClFO4S/c1-11(2,10(14)15)18(16,17)6-7-5-8(13)3-4-9(7)12/h3-5H,6H2,1-2H3,(H,14,15). The Balaban J connectivity index is 3.18. The molecule has 0 spiro atoms. The fraction of sp³-hybridized carbons (Fsp3) is 0.364. The van der Waals surface area contributed by atoms with E-state index in [1.165, 1.54) is 6.07 Å². The van der Waals surface area contributed by atoms with E-state index in [2.05, 4.69) is 0 Å². The number of benzene rings is 1. The number of hydrogen-bond donors (Lipinski definition) is 1. The zero-order valence-corrected chi connectivity index (χ0v) is 11.3. The maximum Gasteiger partial charge on any atom is 0.324 e. The van der Waals surface area contributed by atoms with Crippen molar-refractivity contribution >= 4 is 27.4 Å². The van der Waals surface area contributed by atoms with Gasteiger partial charge in [-0.05, 0) is 37.6 Å². The van der Waals surface area contributed by atoms with Crippen molar-refractivity contribution in [2.24, 2.45) is 0 Å². The molecule has 0 fully saturated rings. The number of rotatable bonds is 4. The van der Waals surface area contributed by atoms with Crippen LogP contribution in [0.15, 0.2) is 18.2 Å². The van der Waals surface area contributed by atoms with Gasteiger partial charge in [-0.25, -0.2) is 12.8 Å². The fourth-order valence-corrected chi connectivity index (χ4v) is 2.71. The van der Waals surface area contributed by atoms with Crippen LogP contribution in [0, 0.1) is 5.82 Å². The Kier molecular flexibility index (Phi) is 4.02. The topological polar surface area (TPSA) is 71.4 Å². The van der Waals surface area contributed by atoms with Gasteiger partial charge < -0.3 is 5.11 Å². The minimum Gasteiger partial charge on any atom is -0.480 e. The quantitative estimate of drug-likeness (QED) is 0.924. The molecule has 0 unspecified atom stereocenters. The summed E-state index contributed by atoms with van der Waals surface area (Å²) in [6.45, 7) is 2.16. The first kappa shape index (κ1) is 14.9. The summed E-state index contributed by atoms with van der Waals surface area (Å²) in [6, 6.07) is 3.31. The number of carboxylic acid groups (broad SMARTS) is 1. The summed E-state index contributed by atoms with van der Waals surface area (Å²) in [7, 11) is -4.00. The third kappa shape index (κ3) is 2.81. The van der Waals surface area contributed by atoms with Gasteiger partial charge in [-0.1, -0.05) is 11.6 Å². The molecule has 0 aliphatic carbocycles. The Labute approximate surface area is 109 Å². The van der Waals surface area contributed by atoms with Crippen molar-refractivity contribution in [1.29, 1.82) is 0 Å². The van der Waals surface area contributed by atoms with E-state index in [-0.39, 0.29) is 10.6 Å². The molecule has 1 rings (SSSR count). The van der Waals surface area contributed by atoms with Crippen LogP contribution in [0.3, 0.4) is 0 Å². The fourth-order valence-electron chi connectivity index (χ4n) is 1.17. The molecule has 0 saturated carbocycles. The molecule has 1 aromatic carbocycles. The Morgan fingerprint density at radius 2 is 2.00 bits per heavy atom. The number of carbonyl (C=O) groups is 1. The second-order valence-electron chi connectivity index (χ2n) is 4.31. The van der Waals surface area contributed by atoms with Crippen molar-refractivity contribution in [2.45, 2.75) is 24.3 Å². The predicted octanol–water partition coefficient (Wildman–Crippen LogP) is 2.26. The number of hydrogen-bond acceptors (Lipinski definition) is 3. The second kappa shape index (κ2) is 4.85. The maximum absolute atomic E-state index is 13.0. The van der Waals surface area contributed by atoms with E-state index < -0.39 is 32.1 Å². The lowest BCUT2D eigenvalue weighted by Crippen LogP contribution is -2.41. The predicted molar refractivity (Wildman–Crippen MR) is 65.7 cm³/mol. The molecule has 100 valence electrons. The van der Waals surface area contributed by atoms with Gasteiger partial charge in [0, 0.05) is 5.02 Å². The zero-order valence-electron chi connectivity index (χ0n) is 9.78. The van der Waals surface area contributed by atoms with E-state index in [0.717, 1.165) is 26.0 Å². The normalized spacial score (nSPS) is 12.4. The van der Waals surface area contributed by atoms with Crippen molar-refractivity contribution in [2.75, 3.05) is 0 Å². The van der Waals surface area contributed by atoms with Gasteiger partial charge in [-0.15, -0.1) is 0 Å². The van der Waals surface area contributed by atoms with Gasteiger partial charge in [-0.3, -0.25) is 4.79 Å². The molecule has 0 bridgehead atoms. The maximum atomic E-state index is 13.0. The van der Waals surface area contributed by atoms with E-state index in [0.29, 0.717) is 0 Å². The Bertz CT molecular complexity index is 581. The Morgan fingerprint density at radius 1 is 1.44 bits per heavy atom. The van der Waals surface area contributed by atoms with Crippen LogP contribution >= 0.6 is 11.6 Å². The molecule has 0 saturated heterocycles. The van der Waals surface area contributed by atoms with Crippen LogP contribution in [0.25, 0.3) is 0 Å². The van der Waals surface area contributed by atoms with Crippen LogP contribution in [-0.4, -0.2) is 24.2 Å². The number of halogens is 2. The van der Waals surface area contributed by atoms with E-state index >= 15 is 0 Å². The first-order chi connectivity index (χ1) is 8.08. The summed E-state index contributed by atoms with van der Waals surface area (Å²) in [5.74, 6) is -2.71. The average Bonchev–Trinajstić information content (AvgIpc) is 2.22. The van der Waals surface area contributed by atoms with Crippen molar-refractivity contribution in [3.63, 3.8) is 0 Å². The summed E-state index contributed by atoms with van der Waals surface area (Å²) in [5.41, 5.74) is 0.0472. The Hall–Kier alpha value is -1.14. The minimum atomic E-state index is -4.00. The SMILES string of the molecule is CC(C)(C(=O)O)S(=O)(=O)Cc1cc(F)ccc1Cl. The van der Waals surface area contributed by atoms with Gasteiger partial charge in [-0.2, -0.15) is 0 Å². The van der Waals surface area contributed by atoms with Crippen LogP contribution < -0.4 is 0 Å². The zero-order chi connectivity index (χ0) is 14.1. The highest BCUT2D eigenvalue weighted by Crippen LogP contribution is 2.26. The lowest BCUT2D eigenvalue weighted by Gasteiger charge is -2.20. The molecule has 7 heteroatoms. The third-order valence-corrected chi connectivity index (χ3v) is 5.44. The van der Waals surface area contributed by atoms with Gasteiger partial charge >= 0.3 is 5.97 Å². The monoisotopic (exact) mass is 294 g/mol. The molecule has 0 atom stereocenters. The summed E-state index contributed by atoms with van der Waals surface area (Å²) in [4.78, 5) is 10.9. The summed E-state index contributed by atoms with van der Waals surface area (Å²) in [6.07, 6.45) is 0. The molecule has 0 heterocycles. The first-order valence-electron chi connectivity index (χ1n) is 4.97. The van der Waals surface area contributed by atoms with Crippen LogP contribution in [0.5, 0.6) is 0 Å². The van der Waals surface area contributed by atoms with E-state index in [1.807, 2.05) is 0 Å². The molecule has 0 amide bonds. The molecule has 0 aliphatic rings. The van der Waals surface area contributed by atoms with E-state index in [1.54, 1.807) is 0 Å². The molecular formula is C11H12ClFO4S. The smallest absolute Gasteiger partial charge is 0.324 e. The van der Waals surface area contributed by atoms with Gasteiger partial charge in [0.15, 0.2) is 14.6 Å². The molecule has 0 radical (unpaired) electrons. The van der Waals surface area contributed by atoms with Crippen LogP contribution in [0.1, 0.15) is 19.4 Å². The van der Waals surface area contributed by atoms with Crippen molar-refractivity contribution < 1.29 is 22.7 Å². The van der Waals surface area contributed by atoms with Crippen molar-refractivity contribution in [1.82, 2.24) is 0 Å². The Morgan fingerprint density at radius 3 is 2.50 bits per heavy atom. The van der Waals surface area contributed by atoms with E-state index in [9.17, 15) is 17.6 Å². The largest absolute Gasteiger partial charge is 0.480 e. The van der Waals surface area contributed by atoms with Crippen LogP contribution in [-0.2, 0) is 20.4 Å². The molecule has 0 aliphatic heterocycles. The summed E-state index contributed by atoms with van der Waals surface area (Å²) >= 11 is 5.75. The number of carboxylic acids is 1. The minimum absolute atomic E-state index is 0.0472. The van der Waals surface area contributed by atoms with Gasteiger partial charge in [0.25, 0.3) is 0 Å². The molecule has 1 N–H and O–H groups in total. The van der Waals surface area contributed by atoms with Crippen molar-refractivity contribution in [3.05, 3.63) is 34.6 Å². The average molecular weight is 295 g/mol. The van der Waals surface area contributed by atoms with Gasteiger partial charge in [0.05, 0.1) is 5.75 Å². The first-order valence-corrected chi connectivity index (χ1v) is 7.00. The molecule has 0 aromatic heterocycles. The van der Waals surface area contributed by atoms with E-state index in [4.69, 9.17) is 16.7 Å². The third-order valence-electron chi connectivity index (χ3n) is 2.65. The summed E-state index contributed by atoms with van der Waals surface area (Å²) in [5, 5.41) is 8.98. The highest BCUT2D eigenvalue weighted by molar-refractivity contribution is 7.92. The highest BCUT2D eigenvalue weighted by Gasteiger charge is 2.41. The molecule has 1 aromatic rings. The van der Waals surface area contributed by atoms with Gasteiger partial charge in [0.1, 0.15) is 5.82 Å². The lowest BCUT2D eigenvalue weighted by molar-refractivity contribution is -0.139. The number of aliphatic carboxylic acids is 1. The van der Waals surface area contributed by atoms with Crippen LogP contribution in [0.2, 0.25) is 5.02 Å². The van der Waals surface area contributed by atoms with Gasteiger partial charge in [0.2, 0.25) is 0 Å². The molecule has 4 nitrogen and oxygen atoms in total. The van der Waals surface area contributed by atoms with Crippen LogP contribution in [0.4, 0.5) is 4.39 Å². The number of sulfone groups is 1. The summed E-state index contributed by atoms with van der Waals surface area (Å²) < 4.78 is 35.0. The second-order valence-corrected chi connectivity index (χ2v) is 7.26. The van der Waals surface area contributed by atoms with Crippen molar-refractivity contribution in [3.8, 4) is 0 Å². The lowest BCUT2D eigenvalue weighted by atomic mass is 10.2.